The van der Waals surface area contributed by atoms with Gasteiger partial charge in [-0.2, -0.15) is 0 Å². The van der Waals surface area contributed by atoms with E-state index in [1.165, 1.54) is 0 Å². The molecule has 1 aromatic carbocycles. The van der Waals surface area contributed by atoms with E-state index in [4.69, 9.17) is 43.0 Å². The number of hydrogen-bond donors (Lipinski definition) is 2. The van der Waals surface area contributed by atoms with Crippen LogP contribution in [0, 0.1) is 0 Å². The van der Waals surface area contributed by atoms with Crippen LogP contribution in [0.5, 0.6) is 0 Å². The maximum atomic E-state index is 12.0. The first-order chi connectivity index (χ1) is 17.8. The molecule has 2 N–H and O–H groups in total. The highest BCUT2D eigenvalue weighted by molar-refractivity contribution is 5.94. The van der Waals surface area contributed by atoms with Crippen molar-refractivity contribution in [2.24, 2.45) is 0 Å². The fourth-order valence-corrected chi connectivity index (χ4v) is 2.66. The van der Waals surface area contributed by atoms with Crippen molar-refractivity contribution in [3.8, 4) is 0 Å². The minimum absolute atomic E-state index is 0.0419. The smallest absolute Gasteiger partial charge is 0.251 e. The zero-order valence-electron chi connectivity index (χ0n) is 21.5. The van der Waals surface area contributed by atoms with Crippen LogP contribution in [0.25, 0.3) is 0 Å². The molecule has 0 aliphatic carbocycles. The Labute approximate surface area is 214 Å². The predicted molar refractivity (Wildman–Crippen MR) is 132 cm³/mol. The Morgan fingerprint density at radius 2 is 0.972 bits per heavy atom. The van der Waals surface area contributed by atoms with Crippen molar-refractivity contribution in [3.63, 3.8) is 0 Å². The minimum Gasteiger partial charge on any atom is -0.392 e. The van der Waals surface area contributed by atoms with Crippen molar-refractivity contribution in [2.45, 2.75) is 6.61 Å². The van der Waals surface area contributed by atoms with Gasteiger partial charge in [0.15, 0.2) is 0 Å². The summed E-state index contributed by atoms with van der Waals surface area (Å²) < 4.78 is 42.7. The third-order valence-corrected chi connectivity index (χ3v) is 4.59. The van der Waals surface area contributed by atoms with Crippen LogP contribution in [0.1, 0.15) is 15.9 Å². The quantitative estimate of drug-likeness (QED) is 0.170. The minimum atomic E-state index is -0.172. The summed E-state index contributed by atoms with van der Waals surface area (Å²) in [5, 5.41) is 11.8. The van der Waals surface area contributed by atoms with E-state index in [1.807, 2.05) is 0 Å². The molecule has 208 valence electrons. The predicted octanol–water partition coefficient (Wildman–Crippen LogP) is 0.671. The van der Waals surface area contributed by atoms with Gasteiger partial charge in [0.2, 0.25) is 0 Å². The fraction of sp³-hybridized carbons (Fsp3) is 0.720. The van der Waals surface area contributed by atoms with E-state index in [0.717, 1.165) is 5.56 Å². The summed E-state index contributed by atoms with van der Waals surface area (Å²) in [6.07, 6.45) is 0. The molecular formula is C25H43NO10. The number of nitrogens with one attached hydrogen (secondary N) is 1. The van der Waals surface area contributed by atoms with Crippen LogP contribution in [-0.4, -0.2) is 124 Å². The van der Waals surface area contributed by atoms with Gasteiger partial charge in [0, 0.05) is 19.2 Å². The summed E-state index contributed by atoms with van der Waals surface area (Å²) in [5.41, 5.74) is 1.32. The van der Waals surface area contributed by atoms with Gasteiger partial charge in [0.25, 0.3) is 5.91 Å². The number of carbonyl (C=O) groups excluding carboxylic acids is 1. The first-order valence-electron chi connectivity index (χ1n) is 12.3. The van der Waals surface area contributed by atoms with Crippen molar-refractivity contribution in [1.82, 2.24) is 5.32 Å². The van der Waals surface area contributed by atoms with Gasteiger partial charge in [0.1, 0.15) is 0 Å². The summed E-state index contributed by atoms with van der Waals surface area (Å²) >= 11 is 0. The van der Waals surface area contributed by atoms with Gasteiger partial charge in [-0.15, -0.1) is 0 Å². The van der Waals surface area contributed by atoms with E-state index in [2.05, 4.69) is 5.32 Å². The molecule has 0 radical (unpaired) electrons. The largest absolute Gasteiger partial charge is 0.392 e. The maximum absolute atomic E-state index is 12.0. The Hall–Kier alpha value is -1.67. The molecule has 11 nitrogen and oxygen atoms in total. The average Bonchev–Trinajstić information content (AvgIpc) is 2.91. The van der Waals surface area contributed by atoms with Gasteiger partial charge in [0.05, 0.1) is 106 Å². The average molecular weight is 518 g/mol. The van der Waals surface area contributed by atoms with Crippen LogP contribution in [0.3, 0.4) is 0 Å². The lowest BCUT2D eigenvalue weighted by Gasteiger charge is -2.09. The number of ether oxygens (including phenoxy) is 8. The lowest BCUT2D eigenvalue weighted by Crippen LogP contribution is -2.27. The molecule has 0 fully saturated rings. The second-order valence-corrected chi connectivity index (χ2v) is 7.39. The van der Waals surface area contributed by atoms with E-state index in [1.54, 1.807) is 31.4 Å². The number of aliphatic hydroxyl groups is 1. The third-order valence-electron chi connectivity index (χ3n) is 4.59. The van der Waals surface area contributed by atoms with Crippen molar-refractivity contribution >= 4 is 5.91 Å². The van der Waals surface area contributed by atoms with Crippen LogP contribution in [0.2, 0.25) is 0 Å². The van der Waals surface area contributed by atoms with E-state index in [-0.39, 0.29) is 12.5 Å². The molecular weight excluding hydrogens is 474 g/mol. The molecule has 0 spiro atoms. The number of rotatable bonds is 26. The van der Waals surface area contributed by atoms with Crippen molar-refractivity contribution < 1.29 is 47.8 Å². The molecule has 36 heavy (non-hydrogen) atoms. The lowest BCUT2D eigenvalue weighted by molar-refractivity contribution is -0.0220. The first kappa shape index (κ1) is 32.4. The zero-order chi connectivity index (χ0) is 25.9. The molecule has 1 aromatic rings. The Kier molecular flexibility index (Phi) is 22.5. The van der Waals surface area contributed by atoms with Crippen LogP contribution >= 0.6 is 0 Å². The summed E-state index contributed by atoms with van der Waals surface area (Å²) in [4.78, 5) is 12.0. The van der Waals surface area contributed by atoms with Gasteiger partial charge >= 0.3 is 0 Å². The highest BCUT2D eigenvalue weighted by atomic mass is 16.6. The van der Waals surface area contributed by atoms with E-state index in [9.17, 15) is 4.79 Å². The molecule has 0 atom stereocenters. The molecule has 1 amide bonds. The number of hydrogen-bond acceptors (Lipinski definition) is 10. The summed E-state index contributed by atoms with van der Waals surface area (Å²) in [6, 6.07) is 6.81. The SMILES string of the molecule is COCCOCCOCCOCCOCCOCCOCCOCCNC(=O)c1ccc(CO)cc1. The summed E-state index contributed by atoms with van der Waals surface area (Å²) in [7, 11) is 1.64. The van der Waals surface area contributed by atoms with E-state index in [0.29, 0.717) is 111 Å². The second kappa shape index (κ2) is 25.0. The summed E-state index contributed by atoms with van der Waals surface area (Å²) in [6.45, 7) is 7.95. The van der Waals surface area contributed by atoms with Gasteiger partial charge in [-0.1, -0.05) is 12.1 Å². The van der Waals surface area contributed by atoms with Crippen molar-refractivity contribution in [1.29, 1.82) is 0 Å². The lowest BCUT2D eigenvalue weighted by atomic mass is 10.1. The maximum Gasteiger partial charge on any atom is 0.251 e. The Bertz CT molecular complexity index is 617. The highest BCUT2D eigenvalue weighted by Gasteiger charge is 2.04. The Morgan fingerprint density at radius 3 is 1.33 bits per heavy atom. The standard InChI is InChI=1S/C25H43NO10/c1-29-8-9-31-12-13-33-16-17-35-20-21-36-19-18-34-15-14-32-11-10-30-7-6-26-25(28)24-4-2-23(22-27)3-5-24/h2-5,27H,6-22H2,1H3,(H,26,28). The Balaban J connectivity index is 1.72. The first-order valence-corrected chi connectivity index (χ1v) is 12.3. The molecule has 0 unspecified atom stereocenters. The van der Waals surface area contributed by atoms with Crippen molar-refractivity contribution in [2.75, 3.05) is 113 Å². The van der Waals surface area contributed by atoms with Gasteiger partial charge in [-0.25, -0.2) is 0 Å². The molecule has 0 saturated heterocycles. The third kappa shape index (κ3) is 19.5. The fourth-order valence-electron chi connectivity index (χ4n) is 2.66. The highest BCUT2D eigenvalue weighted by Crippen LogP contribution is 2.04. The molecule has 0 aliphatic heterocycles. The number of benzene rings is 1. The summed E-state index contributed by atoms with van der Waals surface area (Å²) in [5.74, 6) is -0.172. The van der Waals surface area contributed by atoms with Gasteiger partial charge in [-0.3, -0.25) is 4.79 Å². The molecule has 1 rings (SSSR count). The number of amides is 1. The van der Waals surface area contributed by atoms with Crippen molar-refractivity contribution in [3.05, 3.63) is 35.4 Å². The van der Waals surface area contributed by atoms with Crippen LogP contribution in [-0.2, 0) is 44.5 Å². The topological polar surface area (TPSA) is 123 Å². The second-order valence-electron chi connectivity index (χ2n) is 7.39. The molecule has 0 aliphatic rings. The van der Waals surface area contributed by atoms with E-state index < -0.39 is 0 Å². The molecule has 0 heterocycles. The van der Waals surface area contributed by atoms with Gasteiger partial charge < -0.3 is 48.3 Å². The molecule has 11 heteroatoms. The number of methoxy groups -OCH3 is 1. The van der Waals surface area contributed by atoms with Gasteiger partial charge in [-0.05, 0) is 17.7 Å². The monoisotopic (exact) mass is 517 g/mol. The normalized spacial score (nSPS) is 11.2. The van der Waals surface area contributed by atoms with Crippen LogP contribution in [0.15, 0.2) is 24.3 Å². The van der Waals surface area contributed by atoms with E-state index >= 15 is 0 Å². The van der Waals surface area contributed by atoms with Crippen LogP contribution < -0.4 is 5.32 Å². The van der Waals surface area contributed by atoms with Crippen LogP contribution in [0.4, 0.5) is 0 Å². The number of carbonyl (C=O) groups is 1. The zero-order valence-corrected chi connectivity index (χ0v) is 21.5. The number of aliphatic hydroxyl groups excluding tert-OH is 1. The molecule has 0 aromatic heterocycles. The molecule has 0 bridgehead atoms. The molecule has 0 saturated carbocycles. The Morgan fingerprint density at radius 1 is 0.611 bits per heavy atom.